The Labute approximate surface area is 103 Å². The average Bonchev–Trinajstić information content (AvgIpc) is 2.62. The summed E-state index contributed by atoms with van der Waals surface area (Å²) in [4.78, 5) is 11.7. The second-order valence-corrected chi connectivity index (χ2v) is 5.41. The van der Waals surface area contributed by atoms with Crippen molar-refractivity contribution in [3.05, 3.63) is 12.3 Å². The average molecular weight is 238 g/mol. The normalized spacial score (nSPS) is 11.9. The number of nitrogens with zero attached hydrogens (tertiary/aromatic N) is 2. The lowest BCUT2D eigenvalue weighted by molar-refractivity contribution is -0.115. The van der Waals surface area contributed by atoms with Crippen molar-refractivity contribution in [1.82, 2.24) is 15.1 Å². The topological polar surface area (TPSA) is 59.0 Å². The molecular weight excluding hydrogens is 216 g/mol. The van der Waals surface area contributed by atoms with E-state index in [0.29, 0.717) is 6.54 Å². The van der Waals surface area contributed by atoms with E-state index >= 15 is 0 Å². The first kappa shape index (κ1) is 13.7. The number of amides is 1. The van der Waals surface area contributed by atoms with E-state index in [9.17, 15) is 4.79 Å². The minimum atomic E-state index is -0.0599. The molecule has 5 heteroatoms. The van der Waals surface area contributed by atoms with Gasteiger partial charge < -0.3 is 10.6 Å². The van der Waals surface area contributed by atoms with Crippen molar-refractivity contribution < 1.29 is 4.79 Å². The van der Waals surface area contributed by atoms with Gasteiger partial charge in [0, 0.05) is 17.6 Å². The van der Waals surface area contributed by atoms with E-state index in [2.05, 4.69) is 15.7 Å². The van der Waals surface area contributed by atoms with E-state index in [0.717, 1.165) is 5.82 Å². The van der Waals surface area contributed by atoms with E-state index in [1.807, 2.05) is 34.6 Å². The van der Waals surface area contributed by atoms with E-state index in [4.69, 9.17) is 0 Å². The summed E-state index contributed by atoms with van der Waals surface area (Å²) in [5.41, 5.74) is -0.0599. The largest absolute Gasteiger partial charge is 0.310 e. The summed E-state index contributed by atoms with van der Waals surface area (Å²) >= 11 is 0. The van der Waals surface area contributed by atoms with Crippen LogP contribution in [0.3, 0.4) is 0 Å². The quantitative estimate of drug-likeness (QED) is 0.840. The molecule has 0 fully saturated rings. The Kier molecular flexibility index (Phi) is 4.28. The summed E-state index contributed by atoms with van der Waals surface area (Å²) in [7, 11) is 0. The monoisotopic (exact) mass is 238 g/mol. The molecule has 0 bridgehead atoms. The maximum Gasteiger partial charge on any atom is 0.239 e. The van der Waals surface area contributed by atoms with Crippen LogP contribution in [0.5, 0.6) is 0 Å². The number of aromatic nitrogens is 2. The molecule has 0 saturated heterocycles. The standard InChI is InChI=1S/C12H22N4O/c1-9(2)16-10(6-7-14-16)15-11(17)8-13-12(3,4)5/h6-7,9,13H,8H2,1-5H3,(H,15,17). The number of nitrogens with one attached hydrogen (secondary N) is 2. The van der Waals surface area contributed by atoms with Crippen LogP contribution in [0.1, 0.15) is 40.7 Å². The van der Waals surface area contributed by atoms with E-state index in [-0.39, 0.29) is 17.5 Å². The molecule has 0 aliphatic heterocycles. The lowest BCUT2D eigenvalue weighted by Gasteiger charge is -2.20. The summed E-state index contributed by atoms with van der Waals surface area (Å²) in [6.07, 6.45) is 1.69. The van der Waals surface area contributed by atoms with E-state index in [1.54, 1.807) is 16.9 Å². The van der Waals surface area contributed by atoms with Crippen LogP contribution < -0.4 is 10.6 Å². The van der Waals surface area contributed by atoms with Gasteiger partial charge in [0.15, 0.2) is 0 Å². The van der Waals surface area contributed by atoms with Gasteiger partial charge in [-0.1, -0.05) is 0 Å². The predicted octanol–water partition coefficient (Wildman–Crippen LogP) is 1.79. The third-order valence-electron chi connectivity index (χ3n) is 2.21. The first-order valence-corrected chi connectivity index (χ1v) is 5.88. The minimum absolute atomic E-state index is 0.0534. The smallest absolute Gasteiger partial charge is 0.239 e. The van der Waals surface area contributed by atoms with Crippen LogP contribution in [-0.2, 0) is 4.79 Å². The molecule has 96 valence electrons. The lowest BCUT2D eigenvalue weighted by atomic mass is 10.1. The second-order valence-electron chi connectivity index (χ2n) is 5.41. The Morgan fingerprint density at radius 3 is 2.65 bits per heavy atom. The highest BCUT2D eigenvalue weighted by Crippen LogP contribution is 2.12. The van der Waals surface area contributed by atoms with Crippen LogP contribution in [0.25, 0.3) is 0 Å². The molecule has 0 aliphatic rings. The minimum Gasteiger partial charge on any atom is -0.310 e. The van der Waals surface area contributed by atoms with Crippen molar-refractivity contribution in [2.45, 2.75) is 46.2 Å². The zero-order valence-electron chi connectivity index (χ0n) is 11.2. The van der Waals surface area contributed by atoms with Gasteiger partial charge in [-0.15, -0.1) is 0 Å². The van der Waals surface area contributed by atoms with Gasteiger partial charge in [0.05, 0.1) is 12.7 Å². The highest BCUT2D eigenvalue weighted by atomic mass is 16.2. The van der Waals surface area contributed by atoms with Crippen molar-refractivity contribution in [3.8, 4) is 0 Å². The fourth-order valence-corrected chi connectivity index (χ4v) is 1.36. The van der Waals surface area contributed by atoms with E-state index in [1.165, 1.54) is 0 Å². The molecule has 0 spiro atoms. The molecule has 1 heterocycles. The van der Waals surface area contributed by atoms with Gasteiger partial charge in [-0.25, -0.2) is 4.68 Å². The van der Waals surface area contributed by atoms with Crippen LogP contribution in [-0.4, -0.2) is 27.8 Å². The Bertz CT molecular complexity index is 376. The molecule has 17 heavy (non-hydrogen) atoms. The maximum absolute atomic E-state index is 11.7. The fourth-order valence-electron chi connectivity index (χ4n) is 1.36. The summed E-state index contributed by atoms with van der Waals surface area (Å²) in [5, 5.41) is 10.1. The summed E-state index contributed by atoms with van der Waals surface area (Å²) in [6, 6.07) is 2.03. The number of hydrogen-bond acceptors (Lipinski definition) is 3. The Balaban J connectivity index is 2.54. The number of carbonyl (C=O) groups excluding carboxylic acids is 1. The van der Waals surface area contributed by atoms with Crippen molar-refractivity contribution in [1.29, 1.82) is 0 Å². The summed E-state index contributed by atoms with van der Waals surface area (Å²) in [5.74, 6) is 0.683. The zero-order chi connectivity index (χ0) is 13.1. The Hall–Kier alpha value is -1.36. The van der Waals surface area contributed by atoms with Crippen molar-refractivity contribution in [2.24, 2.45) is 0 Å². The van der Waals surface area contributed by atoms with Crippen LogP contribution in [0.15, 0.2) is 12.3 Å². The molecule has 1 amide bonds. The van der Waals surface area contributed by atoms with Gasteiger partial charge in [0.25, 0.3) is 0 Å². The third-order valence-corrected chi connectivity index (χ3v) is 2.21. The summed E-state index contributed by atoms with van der Waals surface area (Å²) < 4.78 is 1.79. The van der Waals surface area contributed by atoms with E-state index < -0.39 is 0 Å². The first-order chi connectivity index (χ1) is 7.79. The van der Waals surface area contributed by atoms with Gasteiger partial charge in [0.2, 0.25) is 5.91 Å². The fraction of sp³-hybridized carbons (Fsp3) is 0.667. The van der Waals surface area contributed by atoms with Gasteiger partial charge in [-0.2, -0.15) is 5.10 Å². The Morgan fingerprint density at radius 2 is 2.12 bits per heavy atom. The van der Waals surface area contributed by atoms with Gasteiger partial charge >= 0.3 is 0 Å². The molecule has 0 saturated carbocycles. The van der Waals surface area contributed by atoms with Crippen LogP contribution >= 0.6 is 0 Å². The number of rotatable bonds is 4. The van der Waals surface area contributed by atoms with Gasteiger partial charge in [-0.3, -0.25) is 4.79 Å². The highest BCUT2D eigenvalue weighted by molar-refractivity contribution is 5.91. The first-order valence-electron chi connectivity index (χ1n) is 5.88. The Morgan fingerprint density at radius 1 is 1.47 bits per heavy atom. The van der Waals surface area contributed by atoms with Crippen LogP contribution in [0.4, 0.5) is 5.82 Å². The second kappa shape index (κ2) is 5.31. The molecule has 5 nitrogen and oxygen atoms in total. The van der Waals surface area contributed by atoms with Crippen molar-refractivity contribution in [2.75, 3.05) is 11.9 Å². The molecule has 1 rings (SSSR count). The van der Waals surface area contributed by atoms with Crippen LogP contribution in [0.2, 0.25) is 0 Å². The maximum atomic E-state index is 11.7. The number of hydrogen-bond donors (Lipinski definition) is 2. The van der Waals surface area contributed by atoms with Crippen molar-refractivity contribution >= 4 is 11.7 Å². The molecule has 0 unspecified atom stereocenters. The molecule has 1 aromatic rings. The summed E-state index contributed by atoms with van der Waals surface area (Å²) in [6.45, 7) is 10.4. The predicted molar refractivity (Wildman–Crippen MR) is 69.0 cm³/mol. The number of anilines is 1. The molecular formula is C12H22N4O. The van der Waals surface area contributed by atoms with Crippen molar-refractivity contribution in [3.63, 3.8) is 0 Å². The molecule has 0 aliphatic carbocycles. The highest BCUT2D eigenvalue weighted by Gasteiger charge is 2.13. The van der Waals surface area contributed by atoms with Gasteiger partial charge in [-0.05, 0) is 34.6 Å². The zero-order valence-corrected chi connectivity index (χ0v) is 11.2. The third kappa shape index (κ3) is 4.56. The molecule has 0 atom stereocenters. The molecule has 2 N–H and O–H groups in total. The molecule has 0 aromatic carbocycles. The SMILES string of the molecule is CC(C)n1nccc1NC(=O)CNC(C)(C)C. The molecule has 1 aromatic heterocycles. The lowest BCUT2D eigenvalue weighted by Crippen LogP contribution is -2.41. The van der Waals surface area contributed by atoms with Gasteiger partial charge in [0.1, 0.15) is 5.82 Å². The number of carbonyl (C=O) groups is 1. The van der Waals surface area contributed by atoms with Crippen LogP contribution in [0, 0.1) is 0 Å². The molecule has 0 radical (unpaired) electrons.